The molecule has 0 bridgehead atoms. The van der Waals surface area contributed by atoms with Crippen molar-refractivity contribution in [1.29, 1.82) is 0 Å². The Morgan fingerprint density at radius 3 is 2.78 bits per heavy atom. The number of nitrogens with zero attached hydrogens (tertiary/aromatic N) is 2. The maximum atomic E-state index is 13.7. The number of halogens is 1. The van der Waals surface area contributed by atoms with Crippen molar-refractivity contribution in [2.75, 3.05) is 12.4 Å². The van der Waals surface area contributed by atoms with Crippen molar-refractivity contribution in [3.63, 3.8) is 0 Å². The van der Waals surface area contributed by atoms with Gasteiger partial charge in [-0.1, -0.05) is 0 Å². The number of aromatic nitrogens is 2. The third kappa shape index (κ3) is 3.60. The van der Waals surface area contributed by atoms with E-state index in [1.807, 2.05) is 19.1 Å². The first-order valence-corrected chi connectivity index (χ1v) is 8.94. The van der Waals surface area contributed by atoms with Gasteiger partial charge in [0.05, 0.1) is 36.1 Å². The number of carbonyl (C=O) groups excluding carboxylic acids is 1. The third-order valence-corrected chi connectivity index (χ3v) is 4.71. The maximum Gasteiger partial charge on any atom is 0.339 e. The van der Waals surface area contributed by atoms with E-state index < -0.39 is 0 Å². The zero-order valence-electron chi connectivity index (χ0n) is 15.3. The topological polar surface area (TPSA) is 64.1 Å². The molecule has 0 radical (unpaired) electrons. The second-order valence-electron chi connectivity index (χ2n) is 6.83. The second-order valence-corrected chi connectivity index (χ2v) is 6.83. The summed E-state index contributed by atoms with van der Waals surface area (Å²) >= 11 is 0. The number of pyridine rings is 2. The molecular formula is C21H20FN3O2. The quantitative estimate of drug-likeness (QED) is 0.681. The van der Waals surface area contributed by atoms with Crippen LogP contribution in [0.25, 0.3) is 10.9 Å². The fourth-order valence-electron chi connectivity index (χ4n) is 3.23. The molecule has 138 valence electrons. The molecule has 1 fully saturated rings. The Morgan fingerprint density at radius 1 is 1.22 bits per heavy atom. The molecule has 1 aliphatic carbocycles. The molecule has 0 unspecified atom stereocenters. The molecule has 2 aromatic heterocycles. The lowest BCUT2D eigenvalue weighted by atomic mass is 10.1. The number of nitrogens with one attached hydrogen (secondary N) is 1. The van der Waals surface area contributed by atoms with E-state index in [0.717, 1.165) is 46.5 Å². The summed E-state index contributed by atoms with van der Waals surface area (Å²) < 4.78 is 18.5. The van der Waals surface area contributed by atoms with E-state index in [9.17, 15) is 9.18 Å². The van der Waals surface area contributed by atoms with Crippen molar-refractivity contribution >= 4 is 22.6 Å². The SMILES string of the molecule is COC(=O)c1ccc(CNc2cc(C)nc3ccc(F)cc23)nc1C1CC1. The molecule has 0 aliphatic heterocycles. The van der Waals surface area contributed by atoms with Gasteiger partial charge in [0.2, 0.25) is 0 Å². The average Bonchev–Trinajstić information content (AvgIpc) is 3.51. The van der Waals surface area contributed by atoms with E-state index in [2.05, 4.69) is 15.3 Å². The normalized spacial score (nSPS) is 13.6. The van der Waals surface area contributed by atoms with Crippen LogP contribution in [0.3, 0.4) is 0 Å². The van der Waals surface area contributed by atoms with Gasteiger partial charge < -0.3 is 10.1 Å². The molecule has 1 saturated carbocycles. The highest BCUT2D eigenvalue weighted by Gasteiger charge is 2.30. The monoisotopic (exact) mass is 365 g/mol. The summed E-state index contributed by atoms with van der Waals surface area (Å²) in [5, 5.41) is 4.07. The molecule has 1 N–H and O–H groups in total. The summed E-state index contributed by atoms with van der Waals surface area (Å²) in [5.41, 5.74) is 4.57. The van der Waals surface area contributed by atoms with Crippen LogP contribution in [0, 0.1) is 12.7 Å². The van der Waals surface area contributed by atoms with Crippen LogP contribution in [0.1, 0.15) is 46.2 Å². The Kier molecular flexibility index (Phi) is 4.48. The number of hydrogen-bond acceptors (Lipinski definition) is 5. The summed E-state index contributed by atoms with van der Waals surface area (Å²) in [6.07, 6.45) is 2.09. The standard InChI is InChI=1S/C21H20FN3O2/c1-12-9-19(17-10-14(22)5-8-18(17)24-12)23-11-15-6-7-16(21(26)27-2)20(25-15)13-3-4-13/h5-10,13H,3-4,11H2,1-2H3,(H,23,24). The Hall–Kier alpha value is -3.02. The van der Waals surface area contributed by atoms with Gasteiger partial charge in [0.1, 0.15) is 5.82 Å². The molecular weight excluding hydrogens is 345 g/mol. The van der Waals surface area contributed by atoms with Crippen molar-refractivity contribution in [1.82, 2.24) is 9.97 Å². The van der Waals surface area contributed by atoms with Crippen molar-refractivity contribution in [2.24, 2.45) is 0 Å². The summed E-state index contributed by atoms with van der Waals surface area (Å²) in [6.45, 7) is 2.37. The molecule has 0 atom stereocenters. The number of esters is 1. The third-order valence-electron chi connectivity index (χ3n) is 4.71. The minimum Gasteiger partial charge on any atom is -0.465 e. The number of ether oxygens (including phenoxy) is 1. The van der Waals surface area contributed by atoms with Gasteiger partial charge in [-0.15, -0.1) is 0 Å². The molecule has 5 nitrogen and oxygen atoms in total. The lowest BCUT2D eigenvalue weighted by Gasteiger charge is -2.12. The minimum absolute atomic E-state index is 0.298. The lowest BCUT2D eigenvalue weighted by Crippen LogP contribution is -2.10. The smallest absolute Gasteiger partial charge is 0.339 e. The highest BCUT2D eigenvalue weighted by atomic mass is 19.1. The van der Waals surface area contributed by atoms with Crippen molar-refractivity contribution in [3.05, 3.63) is 64.9 Å². The van der Waals surface area contributed by atoms with Crippen LogP contribution in [-0.2, 0) is 11.3 Å². The Balaban J connectivity index is 1.62. The number of methoxy groups -OCH3 is 1. The maximum absolute atomic E-state index is 13.7. The van der Waals surface area contributed by atoms with Crippen LogP contribution < -0.4 is 5.32 Å². The highest BCUT2D eigenvalue weighted by Crippen LogP contribution is 2.40. The van der Waals surface area contributed by atoms with E-state index in [1.165, 1.54) is 19.2 Å². The van der Waals surface area contributed by atoms with Crippen LogP contribution in [0.5, 0.6) is 0 Å². The fraction of sp³-hybridized carbons (Fsp3) is 0.286. The minimum atomic E-state index is -0.352. The van der Waals surface area contributed by atoms with Gasteiger partial charge in [-0.2, -0.15) is 0 Å². The van der Waals surface area contributed by atoms with E-state index in [4.69, 9.17) is 4.74 Å². The predicted molar refractivity (Wildman–Crippen MR) is 101 cm³/mol. The fourth-order valence-corrected chi connectivity index (χ4v) is 3.23. The second kappa shape index (κ2) is 6.95. The number of hydrogen-bond donors (Lipinski definition) is 1. The number of benzene rings is 1. The van der Waals surface area contributed by atoms with Gasteiger partial charge in [-0.05, 0) is 56.2 Å². The van der Waals surface area contributed by atoms with Crippen LogP contribution >= 0.6 is 0 Å². The van der Waals surface area contributed by atoms with Crippen molar-refractivity contribution < 1.29 is 13.9 Å². The van der Waals surface area contributed by atoms with E-state index in [-0.39, 0.29) is 11.8 Å². The van der Waals surface area contributed by atoms with Crippen LogP contribution in [0.15, 0.2) is 36.4 Å². The summed E-state index contributed by atoms with van der Waals surface area (Å²) in [7, 11) is 1.38. The molecule has 0 saturated heterocycles. The van der Waals surface area contributed by atoms with Gasteiger partial charge in [-0.25, -0.2) is 9.18 Å². The first kappa shape index (κ1) is 17.4. The molecule has 1 aliphatic rings. The van der Waals surface area contributed by atoms with E-state index in [0.29, 0.717) is 18.0 Å². The van der Waals surface area contributed by atoms with Gasteiger partial charge in [0.15, 0.2) is 0 Å². The number of anilines is 1. The Morgan fingerprint density at radius 2 is 2.04 bits per heavy atom. The van der Waals surface area contributed by atoms with Gasteiger partial charge in [0, 0.05) is 22.7 Å². The predicted octanol–water partition coefficient (Wildman–Crippen LogP) is 4.35. The Labute approximate surface area is 156 Å². The van der Waals surface area contributed by atoms with Gasteiger partial charge in [0.25, 0.3) is 0 Å². The van der Waals surface area contributed by atoms with Crippen LogP contribution in [-0.4, -0.2) is 23.0 Å². The zero-order chi connectivity index (χ0) is 19.0. The lowest BCUT2D eigenvalue weighted by molar-refractivity contribution is 0.0598. The average molecular weight is 365 g/mol. The van der Waals surface area contributed by atoms with E-state index >= 15 is 0 Å². The number of fused-ring (bicyclic) bond motifs is 1. The van der Waals surface area contributed by atoms with Crippen LogP contribution in [0.4, 0.5) is 10.1 Å². The summed E-state index contributed by atoms with van der Waals surface area (Å²) in [6, 6.07) is 10.1. The number of aryl methyl sites for hydroxylation is 1. The summed E-state index contributed by atoms with van der Waals surface area (Å²) in [5.74, 6) is -0.319. The zero-order valence-corrected chi connectivity index (χ0v) is 15.3. The highest BCUT2D eigenvalue weighted by molar-refractivity contribution is 5.92. The number of carbonyl (C=O) groups is 1. The largest absolute Gasteiger partial charge is 0.465 e. The van der Waals surface area contributed by atoms with Gasteiger partial charge in [-0.3, -0.25) is 9.97 Å². The molecule has 1 aromatic carbocycles. The number of rotatable bonds is 5. The Bertz CT molecular complexity index is 1030. The molecule has 3 aromatic rings. The van der Waals surface area contributed by atoms with E-state index in [1.54, 1.807) is 12.1 Å². The molecule has 0 spiro atoms. The van der Waals surface area contributed by atoms with Crippen molar-refractivity contribution in [2.45, 2.75) is 32.2 Å². The molecule has 6 heteroatoms. The first-order valence-electron chi connectivity index (χ1n) is 8.94. The molecule has 0 amide bonds. The van der Waals surface area contributed by atoms with Gasteiger partial charge >= 0.3 is 5.97 Å². The molecule has 4 rings (SSSR count). The first-order chi connectivity index (χ1) is 13.0. The molecule has 27 heavy (non-hydrogen) atoms. The molecule has 2 heterocycles. The summed E-state index contributed by atoms with van der Waals surface area (Å²) in [4.78, 5) is 21.1. The van der Waals surface area contributed by atoms with Crippen molar-refractivity contribution in [3.8, 4) is 0 Å². The van der Waals surface area contributed by atoms with Crippen LogP contribution in [0.2, 0.25) is 0 Å².